The molecular weight excluding hydrogens is 487 g/mol. The summed E-state index contributed by atoms with van der Waals surface area (Å²) in [4.78, 5) is 36.4. The van der Waals surface area contributed by atoms with Gasteiger partial charge in [0.2, 0.25) is 5.91 Å². The van der Waals surface area contributed by atoms with Crippen molar-refractivity contribution in [2.24, 2.45) is 5.73 Å². The molecule has 0 bridgehead atoms. The van der Waals surface area contributed by atoms with E-state index in [1.165, 1.54) is 55.5 Å². The Labute approximate surface area is 198 Å². The van der Waals surface area contributed by atoms with Gasteiger partial charge in [-0.05, 0) is 55.0 Å². The predicted octanol–water partition coefficient (Wildman–Crippen LogP) is 2.35. The number of nitrogens with one attached hydrogen (secondary N) is 1. The van der Waals surface area contributed by atoms with Crippen LogP contribution in [0.4, 0.5) is 13.2 Å². The first-order valence-electron chi connectivity index (χ1n) is 10.1. The van der Waals surface area contributed by atoms with Gasteiger partial charge in [-0.2, -0.15) is 13.2 Å². The second-order valence-corrected chi connectivity index (χ2v) is 9.62. The average molecular weight is 507 g/mol. The van der Waals surface area contributed by atoms with Gasteiger partial charge in [0.1, 0.15) is 11.3 Å². The van der Waals surface area contributed by atoms with E-state index in [-0.39, 0.29) is 22.7 Å². The van der Waals surface area contributed by atoms with Crippen LogP contribution >= 0.6 is 0 Å². The molecule has 0 saturated carbocycles. The summed E-state index contributed by atoms with van der Waals surface area (Å²) in [6.07, 6.45) is -4.60. The SMILES string of the molecule is Cc1ccc(C(=O)NCc2ccc(S(=O)(=O)CC(N)=O)cc2)c(=O)n1-c1cccc(C(F)(F)F)c1. The fraction of sp³-hybridized carbons (Fsp3) is 0.174. The molecule has 3 N–H and O–H groups in total. The van der Waals surface area contributed by atoms with Crippen molar-refractivity contribution in [3.05, 3.63) is 93.4 Å². The van der Waals surface area contributed by atoms with Crippen LogP contribution < -0.4 is 16.6 Å². The molecule has 3 aromatic rings. The summed E-state index contributed by atoms with van der Waals surface area (Å²) in [6, 6.07) is 12.3. The summed E-state index contributed by atoms with van der Waals surface area (Å²) in [6.45, 7) is 1.46. The van der Waals surface area contributed by atoms with Crippen LogP contribution in [0.15, 0.2) is 70.4 Å². The number of aromatic nitrogens is 1. The maximum atomic E-state index is 13.1. The van der Waals surface area contributed by atoms with Crippen LogP contribution in [0.3, 0.4) is 0 Å². The lowest BCUT2D eigenvalue weighted by Crippen LogP contribution is -2.33. The molecule has 1 aromatic heterocycles. The molecule has 0 fully saturated rings. The van der Waals surface area contributed by atoms with Crippen LogP contribution in [-0.2, 0) is 27.4 Å². The number of hydrogen-bond acceptors (Lipinski definition) is 5. The summed E-state index contributed by atoms with van der Waals surface area (Å²) in [5.41, 5.74) is 3.72. The molecule has 0 atom stereocenters. The van der Waals surface area contributed by atoms with Crippen molar-refractivity contribution >= 4 is 21.7 Å². The van der Waals surface area contributed by atoms with E-state index in [2.05, 4.69) is 5.32 Å². The van der Waals surface area contributed by atoms with Gasteiger partial charge in [0.15, 0.2) is 9.84 Å². The molecule has 0 aliphatic carbocycles. The lowest BCUT2D eigenvalue weighted by Gasteiger charge is -2.14. The Morgan fingerprint density at radius 3 is 2.29 bits per heavy atom. The van der Waals surface area contributed by atoms with Gasteiger partial charge >= 0.3 is 6.18 Å². The van der Waals surface area contributed by atoms with E-state index in [1.807, 2.05) is 0 Å². The molecule has 2 aromatic carbocycles. The highest BCUT2D eigenvalue weighted by Crippen LogP contribution is 2.30. The van der Waals surface area contributed by atoms with Crippen molar-refractivity contribution in [2.75, 3.05) is 5.75 Å². The number of aryl methyl sites for hydroxylation is 1. The summed E-state index contributed by atoms with van der Waals surface area (Å²) in [5.74, 6) is -2.59. The minimum atomic E-state index is -4.60. The summed E-state index contributed by atoms with van der Waals surface area (Å²) in [5, 5.41) is 2.52. The minimum Gasteiger partial charge on any atom is -0.369 e. The first-order chi connectivity index (χ1) is 16.3. The summed E-state index contributed by atoms with van der Waals surface area (Å²) >= 11 is 0. The maximum absolute atomic E-state index is 13.1. The molecule has 0 spiro atoms. The Kier molecular flexibility index (Phi) is 7.15. The smallest absolute Gasteiger partial charge is 0.369 e. The molecule has 3 rings (SSSR count). The number of carbonyl (C=O) groups is 2. The van der Waals surface area contributed by atoms with Crippen molar-refractivity contribution in [2.45, 2.75) is 24.5 Å². The number of nitrogens with zero attached hydrogens (tertiary/aromatic N) is 1. The molecule has 0 saturated heterocycles. The number of carbonyl (C=O) groups excluding carboxylic acids is 2. The monoisotopic (exact) mass is 507 g/mol. The number of amides is 2. The van der Waals surface area contributed by atoms with Crippen LogP contribution in [-0.4, -0.2) is 30.6 Å². The van der Waals surface area contributed by atoms with Crippen molar-refractivity contribution in [1.29, 1.82) is 0 Å². The van der Waals surface area contributed by atoms with E-state index >= 15 is 0 Å². The van der Waals surface area contributed by atoms with Crippen molar-refractivity contribution in [1.82, 2.24) is 9.88 Å². The van der Waals surface area contributed by atoms with Crippen molar-refractivity contribution < 1.29 is 31.2 Å². The molecule has 0 unspecified atom stereocenters. The van der Waals surface area contributed by atoms with Gasteiger partial charge in [-0.25, -0.2) is 8.42 Å². The Morgan fingerprint density at radius 1 is 1.03 bits per heavy atom. The number of halogens is 3. The fourth-order valence-electron chi connectivity index (χ4n) is 3.31. The van der Waals surface area contributed by atoms with Gasteiger partial charge in [0, 0.05) is 17.9 Å². The van der Waals surface area contributed by atoms with Gasteiger partial charge in [-0.3, -0.25) is 19.0 Å². The lowest BCUT2D eigenvalue weighted by molar-refractivity contribution is -0.137. The van der Waals surface area contributed by atoms with E-state index in [9.17, 15) is 36.0 Å². The zero-order valence-corrected chi connectivity index (χ0v) is 19.1. The Hall–Kier alpha value is -3.93. The maximum Gasteiger partial charge on any atom is 0.416 e. The van der Waals surface area contributed by atoms with Crippen LogP contribution in [0, 0.1) is 6.92 Å². The second-order valence-electron chi connectivity index (χ2n) is 7.63. The Balaban J connectivity index is 1.82. The number of benzene rings is 2. The number of nitrogens with two attached hydrogens (primary N) is 1. The van der Waals surface area contributed by atoms with Crippen molar-refractivity contribution in [3.8, 4) is 5.69 Å². The standard InChI is InChI=1S/C23H20F3N3O5S/c1-14-5-10-19(22(32)29(14)17-4-2-3-16(11-17)23(24,25)26)21(31)28-12-15-6-8-18(9-7-15)35(33,34)13-20(27)30/h2-11H,12-13H2,1H3,(H2,27,30)(H,28,31). The molecule has 8 nitrogen and oxygen atoms in total. The summed E-state index contributed by atoms with van der Waals surface area (Å²) in [7, 11) is -3.88. The first kappa shape index (κ1) is 25.7. The molecule has 0 radical (unpaired) electrons. The topological polar surface area (TPSA) is 128 Å². The van der Waals surface area contributed by atoms with E-state index in [0.717, 1.165) is 16.7 Å². The number of hydrogen-bond donors (Lipinski definition) is 2. The molecule has 2 amide bonds. The van der Waals surface area contributed by atoms with Gasteiger partial charge in [0.05, 0.1) is 10.5 Å². The van der Waals surface area contributed by atoms with E-state index in [4.69, 9.17) is 5.73 Å². The Morgan fingerprint density at radius 2 is 1.69 bits per heavy atom. The molecule has 0 aliphatic rings. The third-order valence-electron chi connectivity index (χ3n) is 5.02. The number of rotatable bonds is 7. The van der Waals surface area contributed by atoms with Gasteiger partial charge in [-0.1, -0.05) is 18.2 Å². The summed E-state index contributed by atoms with van der Waals surface area (Å²) < 4.78 is 64.3. The van der Waals surface area contributed by atoms with Gasteiger partial charge in [0.25, 0.3) is 11.5 Å². The number of primary amides is 1. The Bertz CT molecular complexity index is 1450. The normalized spacial score (nSPS) is 11.8. The number of alkyl halides is 3. The highest BCUT2D eigenvalue weighted by molar-refractivity contribution is 7.92. The molecular formula is C23H20F3N3O5S. The van der Waals surface area contributed by atoms with Crippen LogP contribution in [0.5, 0.6) is 0 Å². The van der Waals surface area contributed by atoms with Crippen molar-refractivity contribution in [3.63, 3.8) is 0 Å². The molecule has 1 heterocycles. The molecule has 184 valence electrons. The third kappa shape index (κ3) is 5.96. The van der Waals surface area contributed by atoms with Crippen LogP contribution in [0.25, 0.3) is 5.69 Å². The fourth-order valence-corrected chi connectivity index (χ4v) is 4.40. The van der Waals surface area contributed by atoms with E-state index in [0.29, 0.717) is 11.3 Å². The van der Waals surface area contributed by atoms with E-state index < -0.39 is 44.7 Å². The molecule has 0 aliphatic heterocycles. The van der Waals surface area contributed by atoms with Gasteiger partial charge < -0.3 is 11.1 Å². The molecule has 12 heteroatoms. The number of pyridine rings is 1. The quantitative estimate of drug-likeness (QED) is 0.507. The van der Waals surface area contributed by atoms with E-state index in [1.54, 1.807) is 0 Å². The second kappa shape index (κ2) is 9.74. The highest BCUT2D eigenvalue weighted by Gasteiger charge is 2.30. The minimum absolute atomic E-state index is 0.0373. The highest BCUT2D eigenvalue weighted by atomic mass is 32.2. The third-order valence-corrected chi connectivity index (χ3v) is 6.68. The molecule has 35 heavy (non-hydrogen) atoms. The first-order valence-corrected chi connectivity index (χ1v) is 11.7. The average Bonchev–Trinajstić information content (AvgIpc) is 2.77. The zero-order valence-electron chi connectivity index (χ0n) is 18.3. The predicted molar refractivity (Wildman–Crippen MR) is 121 cm³/mol. The zero-order chi connectivity index (χ0) is 26.0. The largest absolute Gasteiger partial charge is 0.416 e. The van der Waals surface area contributed by atoms with Gasteiger partial charge in [-0.15, -0.1) is 0 Å². The lowest BCUT2D eigenvalue weighted by atomic mass is 10.1. The number of sulfone groups is 1. The van der Waals surface area contributed by atoms with Crippen LogP contribution in [0.2, 0.25) is 0 Å². The van der Waals surface area contributed by atoms with Crippen LogP contribution in [0.1, 0.15) is 27.2 Å².